The lowest BCUT2D eigenvalue weighted by molar-refractivity contribution is -0.121. The van der Waals surface area contributed by atoms with E-state index in [1.165, 1.54) is 5.56 Å². The molecule has 20 heavy (non-hydrogen) atoms. The maximum absolute atomic E-state index is 11.8. The van der Waals surface area contributed by atoms with Crippen LogP contribution in [0.2, 0.25) is 0 Å². The fourth-order valence-electron chi connectivity index (χ4n) is 2.05. The monoisotopic (exact) mass is 339 g/mol. The Labute approximate surface area is 131 Å². The highest BCUT2D eigenvalue weighted by atomic mass is 79.9. The highest BCUT2D eigenvalue weighted by molar-refractivity contribution is 9.09. The van der Waals surface area contributed by atoms with Crippen LogP contribution in [0.15, 0.2) is 24.3 Å². The van der Waals surface area contributed by atoms with E-state index < -0.39 is 0 Å². The van der Waals surface area contributed by atoms with E-state index in [-0.39, 0.29) is 17.4 Å². The third-order valence-corrected chi connectivity index (χ3v) is 4.00. The maximum Gasteiger partial charge on any atom is 0.220 e. The van der Waals surface area contributed by atoms with E-state index in [0.717, 1.165) is 23.7 Å². The predicted octanol–water partition coefficient (Wildman–Crippen LogP) is 4.73. The van der Waals surface area contributed by atoms with Gasteiger partial charge in [-0.3, -0.25) is 4.79 Å². The molecule has 112 valence electrons. The van der Waals surface area contributed by atoms with Crippen molar-refractivity contribution in [2.24, 2.45) is 0 Å². The Morgan fingerprint density at radius 1 is 1.20 bits per heavy atom. The van der Waals surface area contributed by atoms with Crippen molar-refractivity contribution in [3.05, 3.63) is 35.4 Å². The predicted molar refractivity (Wildman–Crippen MR) is 89.3 cm³/mol. The van der Waals surface area contributed by atoms with Crippen molar-refractivity contribution in [2.75, 3.05) is 5.33 Å². The van der Waals surface area contributed by atoms with Crippen LogP contribution in [-0.2, 0) is 10.2 Å². The maximum atomic E-state index is 11.8. The van der Waals surface area contributed by atoms with E-state index in [1.54, 1.807) is 0 Å². The van der Waals surface area contributed by atoms with E-state index in [9.17, 15) is 4.79 Å². The Morgan fingerprint density at radius 3 is 2.30 bits per heavy atom. The van der Waals surface area contributed by atoms with E-state index >= 15 is 0 Å². The van der Waals surface area contributed by atoms with Gasteiger partial charge in [-0.1, -0.05) is 61.0 Å². The van der Waals surface area contributed by atoms with E-state index in [4.69, 9.17) is 0 Å². The van der Waals surface area contributed by atoms with Gasteiger partial charge in [-0.25, -0.2) is 0 Å². The first kappa shape index (κ1) is 17.2. The molecule has 1 aromatic carbocycles. The fraction of sp³-hybridized carbons (Fsp3) is 0.588. The lowest BCUT2D eigenvalue weighted by Crippen LogP contribution is -2.26. The molecule has 0 bridgehead atoms. The molecule has 3 heteroatoms. The number of carbonyl (C=O) groups is 1. The molecule has 0 saturated carbocycles. The zero-order chi connectivity index (χ0) is 15.2. The Hall–Kier alpha value is -0.830. The van der Waals surface area contributed by atoms with E-state index in [2.05, 4.69) is 66.3 Å². The molecule has 0 heterocycles. The first-order valence-electron chi connectivity index (χ1n) is 7.30. The zero-order valence-electron chi connectivity index (χ0n) is 13.0. The SMILES string of the molecule is CC(NC(=O)CCCCBr)c1ccc(C(C)(C)C)cc1. The highest BCUT2D eigenvalue weighted by Crippen LogP contribution is 2.23. The van der Waals surface area contributed by atoms with E-state index in [1.807, 2.05) is 6.92 Å². The van der Waals surface area contributed by atoms with Gasteiger partial charge in [-0.2, -0.15) is 0 Å². The average Bonchev–Trinajstić information content (AvgIpc) is 2.38. The molecule has 0 aliphatic rings. The Kier molecular flexibility index (Phi) is 6.74. The van der Waals surface area contributed by atoms with Crippen molar-refractivity contribution in [2.45, 2.75) is 58.4 Å². The van der Waals surface area contributed by atoms with Crippen LogP contribution in [0.1, 0.15) is 64.1 Å². The average molecular weight is 340 g/mol. The van der Waals surface area contributed by atoms with Crippen LogP contribution in [0.4, 0.5) is 0 Å². The summed E-state index contributed by atoms with van der Waals surface area (Å²) in [5.41, 5.74) is 2.64. The van der Waals surface area contributed by atoms with Crippen LogP contribution < -0.4 is 5.32 Å². The van der Waals surface area contributed by atoms with Gasteiger partial charge in [0.05, 0.1) is 6.04 Å². The summed E-state index contributed by atoms with van der Waals surface area (Å²) in [5, 5.41) is 4.02. The van der Waals surface area contributed by atoms with Crippen molar-refractivity contribution >= 4 is 21.8 Å². The van der Waals surface area contributed by atoms with Gasteiger partial charge < -0.3 is 5.32 Å². The molecule has 0 aromatic heterocycles. The lowest BCUT2D eigenvalue weighted by Gasteiger charge is -2.20. The number of hydrogen-bond acceptors (Lipinski definition) is 1. The number of carbonyl (C=O) groups excluding carboxylic acids is 1. The molecular formula is C17H26BrNO. The molecule has 0 fully saturated rings. The summed E-state index contributed by atoms with van der Waals surface area (Å²) in [7, 11) is 0. The third kappa shape index (κ3) is 5.66. The van der Waals surface area contributed by atoms with Crippen LogP contribution in [0.5, 0.6) is 0 Å². The van der Waals surface area contributed by atoms with Gasteiger partial charge in [0.2, 0.25) is 5.91 Å². The second-order valence-corrected chi connectivity index (χ2v) is 7.10. The summed E-state index contributed by atoms with van der Waals surface area (Å²) in [4.78, 5) is 11.8. The summed E-state index contributed by atoms with van der Waals surface area (Å²) in [6, 6.07) is 8.61. The molecule has 2 nitrogen and oxygen atoms in total. The molecule has 0 radical (unpaired) electrons. The molecule has 0 aliphatic heterocycles. The molecule has 1 atom stereocenters. The molecule has 0 saturated heterocycles. The summed E-state index contributed by atoms with van der Waals surface area (Å²) < 4.78 is 0. The van der Waals surface area contributed by atoms with Gasteiger partial charge in [0.25, 0.3) is 0 Å². The number of benzene rings is 1. The van der Waals surface area contributed by atoms with Crippen LogP contribution in [-0.4, -0.2) is 11.2 Å². The summed E-state index contributed by atoms with van der Waals surface area (Å²) >= 11 is 3.38. The van der Waals surface area contributed by atoms with Gasteiger partial charge in [-0.05, 0) is 36.3 Å². The number of halogens is 1. The Morgan fingerprint density at radius 2 is 1.80 bits per heavy atom. The summed E-state index contributed by atoms with van der Waals surface area (Å²) in [6.07, 6.45) is 2.59. The molecule has 0 spiro atoms. The van der Waals surface area contributed by atoms with Gasteiger partial charge in [0.15, 0.2) is 0 Å². The van der Waals surface area contributed by atoms with Gasteiger partial charge in [0, 0.05) is 11.8 Å². The molecule has 1 N–H and O–H groups in total. The summed E-state index contributed by atoms with van der Waals surface area (Å²) in [6.45, 7) is 8.65. The molecule has 1 rings (SSSR count). The lowest BCUT2D eigenvalue weighted by atomic mass is 9.86. The number of nitrogens with one attached hydrogen (secondary N) is 1. The second-order valence-electron chi connectivity index (χ2n) is 6.31. The van der Waals surface area contributed by atoms with Gasteiger partial charge >= 0.3 is 0 Å². The van der Waals surface area contributed by atoms with Crippen molar-refractivity contribution < 1.29 is 4.79 Å². The summed E-state index contributed by atoms with van der Waals surface area (Å²) in [5.74, 6) is 0.137. The number of hydrogen-bond donors (Lipinski definition) is 1. The number of alkyl halides is 1. The van der Waals surface area contributed by atoms with Crippen molar-refractivity contribution in [3.8, 4) is 0 Å². The molecule has 1 unspecified atom stereocenters. The first-order valence-corrected chi connectivity index (χ1v) is 8.42. The molecule has 1 amide bonds. The number of rotatable bonds is 6. The second kappa shape index (κ2) is 7.82. The fourth-order valence-corrected chi connectivity index (χ4v) is 2.45. The zero-order valence-corrected chi connectivity index (χ0v) is 14.6. The minimum absolute atomic E-state index is 0.0699. The minimum Gasteiger partial charge on any atom is -0.350 e. The van der Waals surface area contributed by atoms with Crippen LogP contribution in [0, 0.1) is 0 Å². The quantitative estimate of drug-likeness (QED) is 0.589. The van der Waals surface area contributed by atoms with Crippen LogP contribution >= 0.6 is 15.9 Å². The standard InChI is InChI=1S/C17H26BrNO/c1-13(19-16(20)7-5-6-12-18)14-8-10-15(11-9-14)17(2,3)4/h8-11,13H,5-7,12H2,1-4H3,(H,19,20). The minimum atomic E-state index is 0.0699. The third-order valence-electron chi connectivity index (χ3n) is 3.44. The normalized spacial score (nSPS) is 13.1. The van der Waals surface area contributed by atoms with Crippen LogP contribution in [0.25, 0.3) is 0 Å². The smallest absolute Gasteiger partial charge is 0.220 e. The highest BCUT2D eigenvalue weighted by Gasteiger charge is 2.14. The van der Waals surface area contributed by atoms with Gasteiger partial charge in [-0.15, -0.1) is 0 Å². The molecule has 1 aromatic rings. The van der Waals surface area contributed by atoms with Crippen molar-refractivity contribution in [1.29, 1.82) is 0 Å². The van der Waals surface area contributed by atoms with Crippen LogP contribution in [0.3, 0.4) is 0 Å². The Bertz CT molecular complexity index is 420. The number of unbranched alkanes of at least 4 members (excludes halogenated alkanes) is 1. The first-order chi connectivity index (χ1) is 9.34. The molecule has 0 aliphatic carbocycles. The van der Waals surface area contributed by atoms with Crippen molar-refractivity contribution in [3.63, 3.8) is 0 Å². The number of amides is 1. The molecular weight excluding hydrogens is 314 g/mol. The largest absolute Gasteiger partial charge is 0.350 e. The topological polar surface area (TPSA) is 29.1 Å². The van der Waals surface area contributed by atoms with Crippen molar-refractivity contribution in [1.82, 2.24) is 5.32 Å². The Balaban J connectivity index is 2.55. The van der Waals surface area contributed by atoms with Gasteiger partial charge in [0.1, 0.15) is 0 Å². The van der Waals surface area contributed by atoms with E-state index in [0.29, 0.717) is 6.42 Å².